The third kappa shape index (κ3) is 4.69. The zero-order valence-corrected chi connectivity index (χ0v) is 12.6. The molecule has 2 aromatic rings. The molecule has 1 aromatic carbocycles. The van der Waals surface area contributed by atoms with Gasteiger partial charge in [0.2, 0.25) is 5.91 Å². The molecule has 0 bridgehead atoms. The molecule has 0 aliphatic carbocycles. The van der Waals surface area contributed by atoms with Crippen molar-refractivity contribution >= 4 is 17.7 Å². The third-order valence-electron chi connectivity index (χ3n) is 2.89. The number of hydrogen-bond acceptors (Lipinski definition) is 5. The first kappa shape index (κ1) is 15.7. The van der Waals surface area contributed by atoms with E-state index in [1.165, 1.54) is 10.9 Å². The van der Waals surface area contributed by atoms with Gasteiger partial charge in [0.05, 0.1) is 19.2 Å². The lowest BCUT2D eigenvalue weighted by Gasteiger charge is -2.02. The minimum Gasteiger partial charge on any atom is -0.465 e. The number of ether oxygens (including phenoxy) is 1. The first-order chi connectivity index (χ1) is 10.6. The molecule has 7 nitrogen and oxygen atoms in total. The van der Waals surface area contributed by atoms with Crippen molar-refractivity contribution in [1.29, 1.82) is 0 Å². The van der Waals surface area contributed by atoms with Crippen molar-refractivity contribution in [1.82, 2.24) is 15.0 Å². The number of anilines is 1. The van der Waals surface area contributed by atoms with Crippen LogP contribution < -0.4 is 5.32 Å². The summed E-state index contributed by atoms with van der Waals surface area (Å²) in [5.74, 6) is -0.279. The summed E-state index contributed by atoms with van der Waals surface area (Å²) < 4.78 is 6.13. The summed E-state index contributed by atoms with van der Waals surface area (Å²) in [6.45, 7) is 4.00. The van der Waals surface area contributed by atoms with E-state index in [2.05, 4.69) is 15.6 Å². The minimum atomic E-state index is -0.398. The van der Waals surface area contributed by atoms with E-state index >= 15 is 0 Å². The van der Waals surface area contributed by atoms with Crippen LogP contribution in [0.5, 0.6) is 0 Å². The van der Waals surface area contributed by atoms with Crippen molar-refractivity contribution in [3.05, 3.63) is 41.6 Å². The monoisotopic (exact) mass is 302 g/mol. The molecule has 0 fully saturated rings. The molecule has 116 valence electrons. The molecule has 0 saturated carbocycles. The number of nitrogens with zero attached hydrogens (tertiary/aromatic N) is 3. The minimum absolute atomic E-state index is 0.0331. The van der Waals surface area contributed by atoms with Crippen LogP contribution >= 0.6 is 0 Å². The van der Waals surface area contributed by atoms with E-state index in [1.54, 1.807) is 6.92 Å². The SMILES string of the molecule is CCOC(=O)Cn1cc(NC(=O)Cc2ccc(C)cc2)nn1. The third-order valence-corrected chi connectivity index (χ3v) is 2.89. The smallest absolute Gasteiger partial charge is 0.327 e. The molecular weight excluding hydrogens is 284 g/mol. The predicted octanol–water partition coefficient (Wildman–Crippen LogP) is 1.33. The standard InChI is InChI=1S/C15H18N4O3/c1-3-22-15(21)10-19-9-13(17-18-19)16-14(20)8-12-6-4-11(2)5-7-12/h4-7,9H,3,8,10H2,1-2H3,(H,16,20). The predicted molar refractivity (Wildman–Crippen MR) is 80.2 cm³/mol. The van der Waals surface area contributed by atoms with Crippen LogP contribution in [0.25, 0.3) is 0 Å². The van der Waals surface area contributed by atoms with Gasteiger partial charge in [-0.2, -0.15) is 0 Å². The van der Waals surface area contributed by atoms with Gasteiger partial charge in [-0.05, 0) is 19.4 Å². The van der Waals surface area contributed by atoms with E-state index in [1.807, 2.05) is 31.2 Å². The maximum Gasteiger partial charge on any atom is 0.327 e. The van der Waals surface area contributed by atoms with Crippen molar-refractivity contribution < 1.29 is 14.3 Å². The van der Waals surface area contributed by atoms with E-state index in [0.717, 1.165) is 11.1 Å². The normalized spacial score (nSPS) is 10.3. The van der Waals surface area contributed by atoms with E-state index in [-0.39, 0.29) is 18.9 Å². The molecule has 1 N–H and O–H groups in total. The van der Waals surface area contributed by atoms with Gasteiger partial charge in [0.25, 0.3) is 0 Å². The molecule has 2 rings (SSSR count). The Morgan fingerprint density at radius 1 is 1.27 bits per heavy atom. The van der Waals surface area contributed by atoms with Crippen LogP contribution in [0, 0.1) is 6.92 Å². The molecule has 0 radical (unpaired) electrons. The lowest BCUT2D eigenvalue weighted by atomic mass is 10.1. The van der Waals surface area contributed by atoms with Gasteiger partial charge in [0.15, 0.2) is 5.82 Å². The van der Waals surface area contributed by atoms with Crippen LogP contribution in [0.4, 0.5) is 5.82 Å². The number of nitrogens with one attached hydrogen (secondary N) is 1. The van der Waals surface area contributed by atoms with Gasteiger partial charge in [-0.25, -0.2) is 4.68 Å². The lowest BCUT2D eigenvalue weighted by molar-refractivity contribution is -0.144. The number of benzene rings is 1. The number of aryl methyl sites for hydroxylation is 1. The number of aromatic nitrogens is 3. The number of carbonyl (C=O) groups is 2. The molecule has 0 atom stereocenters. The molecule has 0 spiro atoms. The first-order valence-corrected chi connectivity index (χ1v) is 6.98. The highest BCUT2D eigenvalue weighted by atomic mass is 16.5. The van der Waals surface area contributed by atoms with Crippen molar-refractivity contribution in [3.63, 3.8) is 0 Å². The molecule has 0 aliphatic rings. The van der Waals surface area contributed by atoms with Gasteiger partial charge in [-0.3, -0.25) is 9.59 Å². The van der Waals surface area contributed by atoms with Crippen molar-refractivity contribution in [3.8, 4) is 0 Å². The summed E-state index contributed by atoms with van der Waals surface area (Å²) in [6.07, 6.45) is 1.75. The summed E-state index contributed by atoms with van der Waals surface area (Å²) in [5, 5.41) is 10.2. The highest BCUT2D eigenvalue weighted by Crippen LogP contribution is 2.06. The van der Waals surface area contributed by atoms with Crippen LogP contribution in [-0.4, -0.2) is 33.5 Å². The second-order valence-corrected chi connectivity index (χ2v) is 4.82. The molecular formula is C15H18N4O3. The molecule has 0 aliphatic heterocycles. The fraction of sp³-hybridized carbons (Fsp3) is 0.333. The molecule has 0 unspecified atom stereocenters. The average Bonchev–Trinajstić information content (AvgIpc) is 2.88. The van der Waals surface area contributed by atoms with Crippen LogP contribution in [-0.2, 0) is 27.3 Å². The van der Waals surface area contributed by atoms with Crippen molar-refractivity contribution in [2.75, 3.05) is 11.9 Å². The number of hydrogen-bond donors (Lipinski definition) is 1. The molecule has 1 amide bonds. The van der Waals surface area contributed by atoms with E-state index in [0.29, 0.717) is 12.4 Å². The van der Waals surface area contributed by atoms with Gasteiger partial charge in [-0.15, -0.1) is 5.10 Å². The second-order valence-electron chi connectivity index (χ2n) is 4.82. The van der Waals surface area contributed by atoms with Crippen molar-refractivity contribution in [2.24, 2.45) is 0 Å². The Morgan fingerprint density at radius 2 is 2.00 bits per heavy atom. The summed E-state index contributed by atoms with van der Waals surface area (Å²) >= 11 is 0. The summed E-state index contributed by atoms with van der Waals surface area (Å²) in [5.41, 5.74) is 2.06. The van der Waals surface area contributed by atoms with E-state index in [4.69, 9.17) is 4.74 Å². The number of esters is 1. The molecule has 1 aromatic heterocycles. The van der Waals surface area contributed by atoms with Gasteiger partial charge < -0.3 is 10.1 Å². The molecule has 0 saturated heterocycles. The van der Waals surface area contributed by atoms with E-state index in [9.17, 15) is 9.59 Å². The highest BCUT2D eigenvalue weighted by molar-refractivity contribution is 5.91. The zero-order valence-electron chi connectivity index (χ0n) is 12.6. The number of carbonyl (C=O) groups excluding carboxylic acids is 2. The Hall–Kier alpha value is -2.70. The Morgan fingerprint density at radius 3 is 2.68 bits per heavy atom. The Kier molecular flexibility index (Phi) is 5.24. The van der Waals surface area contributed by atoms with Crippen LogP contribution in [0.15, 0.2) is 30.5 Å². The summed E-state index contributed by atoms with van der Waals surface area (Å²) in [7, 11) is 0. The average molecular weight is 302 g/mol. The summed E-state index contributed by atoms with van der Waals surface area (Å²) in [4.78, 5) is 23.2. The maximum atomic E-state index is 11.9. The van der Waals surface area contributed by atoms with Crippen LogP contribution in [0.2, 0.25) is 0 Å². The summed E-state index contributed by atoms with van der Waals surface area (Å²) in [6, 6.07) is 7.73. The lowest BCUT2D eigenvalue weighted by Crippen LogP contribution is -2.15. The second kappa shape index (κ2) is 7.35. The molecule has 22 heavy (non-hydrogen) atoms. The van der Waals surface area contributed by atoms with Crippen LogP contribution in [0.1, 0.15) is 18.1 Å². The Labute approximate surface area is 128 Å². The first-order valence-electron chi connectivity index (χ1n) is 6.98. The number of amides is 1. The largest absolute Gasteiger partial charge is 0.465 e. The van der Waals surface area contributed by atoms with Gasteiger partial charge in [0.1, 0.15) is 6.54 Å². The van der Waals surface area contributed by atoms with Crippen LogP contribution in [0.3, 0.4) is 0 Å². The fourth-order valence-electron chi connectivity index (χ4n) is 1.85. The Balaban J connectivity index is 1.88. The van der Waals surface area contributed by atoms with Gasteiger partial charge in [-0.1, -0.05) is 35.0 Å². The van der Waals surface area contributed by atoms with E-state index < -0.39 is 5.97 Å². The number of rotatable bonds is 6. The van der Waals surface area contributed by atoms with Crippen molar-refractivity contribution in [2.45, 2.75) is 26.8 Å². The zero-order chi connectivity index (χ0) is 15.9. The Bertz CT molecular complexity index is 649. The topological polar surface area (TPSA) is 86.1 Å². The van der Waals surface area contributed by atoms with Gasteiger partial charge in [0, 0.05) is 0 Å². The fourth-order valence-corrected chi connectivity index (χ4v) is 1.85. The quantitative estimate of drug-likeness (QED) is 0.814. The van der Waals surface area contributed by atoms with Gasteiger partial charge >= 0.3 is 5.97 Å². The maximum absolute atomic E-state index is 11.9. The highest BCUT2D eigenvalue weighted by Gasteiger charge is 2.09. The molecule has 7 heteroatoms. The molecule has 1 heterocycles.